The molecule has 0 unspecified atom stereocenters. The summed E-state index contributed by atoms with van der Waals surface area (Å²) in [7, 11) is 0. The number of rotatable bonds is 3. The highest BCUT2D eigenvalue weighted by Crippen LogP contribution is 2.24. The minimum atomic E-state index is 0.563. The molecule has 0 N–H and O–H groups in total. The van der Waals surface area contributed by atoms with Gasteiger partial charge in [0.05, 0.1) is 5.02 Å². The lowest BCUT2D eigenvalue weighted by molar-refractivity contribution is 0.112. The first-order chi connectivity index (χ1) is 7.78. The fourth-order valence-electron chi connectivity index (χ4n) is 1.05. The average Bonchev–Trinajstić information content (AvgIpc) is 2.33. The molecule has 0 fully saturated rings. The predicted octanol–water partition coefficient (Wildman–Crippen LogP) is 3.09. The average molecular weight is 251 g/mol. The van der Waals surface area contributed by atoms with Crippen LogP contribution >= 0.6 is 23.4 Å². The van der Waals surface area contributed by atoms with Gasteiger partial charge in [-0.05, 0) is 24.3 Å². The Morgan fingerprint density at radius 3 is 2.25 bits per heavy atom. The highest BCUT2D eigenvalue weighted by molar-refractivity contribution is 7.99. The number of carbonyl (C=O) groups is 1. The Morgan fingerprint density at radius 1 is 1.06 bits per heavy atom. The van der Waals surface area contributed by atoms with Gasteiger partial charge in [0.15, 0.2) is 6.29 Å². The van der Waals surface area contributed by atoms with E-state index < -0.39 is 0 Å². The molecule has 0 saturated carbocycles. The van der Waals surface area contributed by atoms with Crippen molar-refractivity contribution in [2.75, 3.05) is 0 Å². The number of pyridine rings is 2. The predicted molar refractivity (Wildman–Crippen MR) is 63.0 cm³/mol. The minimum Gasteiger partial charge on any atom is -0.298 e. The molecule has 16 heavy (non-hydrogen) atoms. The maximum atomic E-state index is 10.4. The van der Waals surface area contributed by atoms with E-state index in [1.54, 1.807) is 24.4 Å². The van der Waals surface area contributed by atoms with Crippen LogP contribution in [0.2, 0.25) is 5.02 Å². The third-order valence-electron chi connectivity index (χ3n) is 1.80. The van der Waals surface area contributed by atoms with Crippen molar-refractivity contribution in [2.45, 2.75) is 10.1 Å². The van der Waals surface area contributed by atoms with E-state index in [-0.39, 0.29) is 0 Å². The van der Waals surface area contributed by atoms with Crippen LogP contribution in [0.1, 0.15) is 10.4 Å². The Hall–Kier alpha value is -1.39. The smallest absolute Gasteiger partial charge is 0.151 e. The molecule has 3 nitrogen and oxygen atoms in total. The second kappa shape index (κ2) is 5.09. The Balaban J connectivity index is 2.14. The quantitative estimate of drug-likeness (QED) is 0.785. The van der Waals surface area contributed by atoms with Crippen molar-refractivity contribution in [3.63, 3.8) is 0 Å². The first-order valence-electron chi connectivity index (χ1n) is 4.48. The van der Waals surface area contributed by atoms with E-state index >= 15 is 0 Å². The lowest BCUT2D eigenvalue weighted by Gasteiger charge is -1.99. The van der Waals surface area contributed by atoms with Gasteiger partial charge in [0, 0.05) is 18.0 Å². The van der Waals surface area contributed by atoms with E-state index in [0.29, 0.717) is 10.6 Å². The molecule has 2 heterocycles. The maximum absolute atomic E-state index is 10.4. The first-order valence-corrected chi connectivity index (χ1v) is 5.68. The summed E-state index contributed by atoms with van der Waals surface area (Å²) in [6.07, 6.45) is 3.89. The summed E-state index contributed by atoms with van der Waals surface area (Å²) in [5, 5.41) is 2.21. The molecule has 0 aromatic carbocycles. The number of aromatic nitrogens is 2. The van der Waals surface area contributed by atoms with E-state index in [1.165, 1.54) is 18.0 Å². The number of nitrogens with zero attached hydrogens (tertiary/aromatic N) is 2. The summed E-state index contributed by atoms with van der Waals surface area (Å²) in [6, 6.07) is 7.10. The van der Waals surface area contributed by atoms with E-state index in [9.17, 15) is 4.79 Å². The Labute approximate surface area is 102 Å². The van der Waals surface area contributed by atoms with Gasteiger partial charge in [-0.1, -0.05) is 23.4 Å². The van der Waals surface area contributed by atoms with Gasteiger partial charge in [-0.15, -0.1) is 0 Å². The summed E-state index contributed by atoms with van der Waals surface area (Å²) >= 11 is 7.15. The van der Waals surface area contributed by atoms with Crippen LogP contribution in [0.3, 0.4) is 0 Å². The summed E-state index contributed by atoms with van der Waals surface area (Å²) in [5.41, 5.74) is 0.563. The zero-order valence-corrected chi connectivity index (χ0v) is 9.70. The molecule has 0 bridgehead atoms. The van der Waals surface area contributed by atoms with Gasteiger partial charge in [0.2, 0.25) is 0 Å². The highest BCUT2D eigenvalue weighted by atomic mass is 35.5. The van der Waals surface area contributed by atoms with Crippen molar-refractivity contribution in [3.8, 4) is 0 Å². The lowest BCUT2D eigenvalue weighted by Crippen LogP contribution is -1.85. The Kier molecular flexibility index (Phi) is 3.54. The van der Waals surface area contributed by atoms with Crippen LogP contribution in [0.25, 0.3) is 0 Å². The molecule has 80 valence electrons. The Bertz CT molecular complexity index is 484. The summed E-state index contributed by atoms with van der Waals surface area (Å²) in [4.78, 5) is 18.7. The van der Waals surface area contributed by atoms with E-state index in [0.717, 1.165) is 16.3 Å². The minimum absolute atomic E-state index is 0.563. The SMILES string of the molecule is O=Cc1ccc(Sc2ccc(Cl)cn2)nc1. The second-order valence-electron chi connectivity index (χ2n) is 2.96. The first kappa shape index (κ1) is 11.1. The van der Waals surface area contributed by atoms with Crippen LogP contribution in [-0.4, -0.2) is 16.3 Å². The monoisotopic (exact) mass is 250 g/mol. The standard InChI is InChI=1S/C11H7ClN2OS/c12-9-2-4-11(14-6-9)16-10-3-1-8(7-15)5-13-10/h1-7H. The number of aldehydes is 1. The van der Waals surface area contributed by atoms with Crippen molar-refractivity contribution < 1.29 is 4.79 Å². The van der Waals surface area contributed by atoms with Gasteiger partial charge in [0.25, 0.3) is 0 Å². The van der Waals surface area contributed by atoms with Crippen LogP contribution in [0.4, 0.5) is 0 Å². The van der Waals surface area contributed by atoms with Crippen molar-refractivity contribution in [3.05, 3.63) is 47.2 Å². The molecule has 0 atom stereocenters. The Morgan fingerprint density at radius 2 is 1.75 bits per heavy atom. The number of hydrogen-bond donors (Lipinski definition) is 0. The van der Waals surface area contributed by atoms with Gasteiger partial charge < -0.3 is 0 Å². The molecule has 5 heteroatoms. The molecule has 0 spiro atoms. The van der Waals surface area contributed by atoms with Gasteiger partial charge in [-0.25, -0.2) is 9.97 Å². The van der Waals surface area contributed by atoms with Crippen molar-refractivity contribution in [2.24, 2.45) is 0 Å². The molecule has 2 aromatic heterocycles. The van der Waals surface area contributed by atoms with Crippen LogP contribution < -0.4 is 0 Å². The van der Waals surface area contributed by atoms with Gasteiger partial charge in [0.1, 0.15) is 10.1 Å². The largest absolute Gasteiger partial charge is 0.298 e. The van der Waals surface area contributed by atoms with Crippen molar-refractivity contribution in [1.82, 2.24) is 9.97 Å². The molecule has 0 amide bonds. The molecule has 2 aromatic rings. The molecule has 0 saturated heterocycles. The molecular weight excluding hydrogens is 244 g/mol. The molecule has 0 aliphatic carbocycles. The third kappa shape index (κ3) is 2.81. The van der Waals surface area contributed by atoms with Crippen LogP contribution in [0, 0.1) is 0 Å². The van der Waals surface area contributed by atoms with Gasteiger partial charge in [-0.2, -0.15) is 0 Å². The fraction of sp³-hybridized carbons (Fsp3) is 0. The van der Waals surface area contributed by atoms with E-state index in [4.69, 9.17) is 11.6 Å². The van der Waals surface area contributed by atoms with Crippen LogP contribution in [0.15, 0.2) is 46.7 Å². The molecule has 0 aliphatic heterocycles. The van der Waals surface area contributed by atoms with E-state index in [1.807, 2.05) is 6.07 Å². The summed E-state index contributed by atoms with van der Waals surface area (Å²) in [5.74, 6) is 0. The number of halogens is 1. The van der Waals surface area contributed by atoms with Crippen LogP contribution in [0.5, 0.6) is 0 Å². The fourth-order valence-corrected chi connectivity index (χ4v) is 1.86. The summed E-state index contributed by atoms with van der Waals surface area (Å²) in [6.45, 7) is 0. The van der Waals surface area contributed by atoms with Gasteiger partial charge in [-0.3, -0.25) is 4.79 Å². The maximum Gasteiger partial charge on any atom is 0.151 e. The molecular formula is C11H7ClN2OS. The highest BCUT2D eigenvalue weighted by Gasteiger charge is 2.00. The summed E-state index contributed by atoms with van der Waals surface area (Å²) < 4.78 is 0. The van der Waals surface area contributed by atoms with Crippen LogP contribution in [-0.2, 0) is 0 Å². The molecule has 0 radical (unpaired) electrons. The molecule has 2 rings (SSSR count). The van der Waals surface area contributed by atoms with Crippen molar-refractivity contribution in [1.29, 1.82) is 0 Å². The zero-order valence-electron chi connectivity index (χ0n) is 8.13. The number of carbonyl (C=O) groups excluding carboxylic acids is 1. The van der Waals surface area contributed by atoms with Crippen molar-refractivity contribution >= 4 is 29.6 Å². The second-order valence-corrected chi connectivity index (χ2v) is 4.44. The topological polar surface area (TPSA) is 42.9 Å². The normalized spacial score (nSPS) is 10.1. The van der Waals surface area contributed by atoms with E-state index in [2.05, 4.69) is 9.97 Å². The zero-order chi connectivity index (χ0) is 11.4. The number of hydrogen-bond acceptors (Lipinski definition) is 4. The van der Waals surface area contributed by atoms with Gasteiger partial charge >= 0.3 is 0 Å². The third-order valence-corrected chi connectivity index (χ3v) is 2.93. The molecule has 0 aliphatic rings. The lowest BCUT2D eigenvalue weighted by atomic mass is 10.3.